The van der Waals surface area contributed by atoms with Crippen LogP contribution in [0, 0.1) is 87.3 Å². The molecule has 8 rings (SSSR count). The minimum atomic E-state index is -0.735. The topological polar surface area (TPSA) is 63.6 Å². The molecule has 8 saturated carbocycles. The van der Waals surface area contributed by atoms with Gasteiger partial charge in [0.25, 0.3) is 0 Å². The molecule has 0 aromatic rings. The molecule has 8 aliphatic rings. The minimum Gasteiger partial charge on any atom is -0.481 e. The number of ether oxygens (including phenoxy) is 1. The molecular weight excluding hydrogens is 472 g/mol. The number of carbonyl (C=O) groups is 2. The predicted octanol–water partition coefficient (Wildman–Crippen LogP) is 7.45. The summed E-state index contributed by atoms with van der Waals surface area (Å²) in [4.78, 5) is 26.9. The fourth-order valence-corrected chi connectivity index (χ4v) is 13.7. The van der Waals surface area contributed by atoms with Crippen molar-refractivity contribution in [1.82, 2.24) is 0 Å². The molecule has 212 valence electrons. The first kappa shape index (κ1) is 25.9. The molecule has 4 heteroatoms. The zero-order valence-corrected chi connectivity index (χ0v) is 24.7. The molecule has 0 radical (unpaired) electrons. The highest BCUT2D eigenvalue weighted by Gasteiger charge is 2.76. The van der Waals surface area contributed by atoms with Crippen molar-refractivity contribution in [2.45, 2.75) is 112 Å². The standard InChI is InChI=1S/C34H52O4/c1-7-32(3,4)34(33(5,6)8-2)16-21-14-24(34)26-23-15-22(25(21)26)28(27(23)30(35)36)31(37)38-29-19-10-17-9-18(12-19)13-20(29)11-17/h17-29H,7-16H2,1-6H3,(H,35,36). The Hall–Kier alpha value is -1.06. The SMILES string of the molecule is CCC(C)(C)C1(C(C)(C)CC)CC2CC1C1C3CC(C(C(=O)OC4C5CC6CC(C5)CC4C6)C3C(=O)O)C21. The summed E-state index contributed by atoms with van der Waals surface area (Å²) in [5, 5.41) is 10.6. The van der Waals surface area contributed by atoms with Crippen LogP contribution in [0.2, 0.25) is 0 Å². The minimum absolute atomic E-state index is 0.0584. The Balaban J connectivity index is 1.18. The molecule has 8 unspecified atom stereocenters. The molecule has 0 amide bonds. The van der Waals surface area contributed by atoms with E-state index < -0.39 is 17.8 Å². The van der Waals surface area contributed by atoms with Crippen LogP contribution in [0.15, 0.2) is 0 Å². The van der Waals surface area contributed by atoms with E-state index in [1.54, 1.807) is 0 Å². The van der Waals surface area contributed by atoms with Gasteiger partial charge in [-0.15, -0.1) is 0 Å². The average molecular weight is 525 g/mol. The maximum Gasteiger partial charge on any atom is 0.310 e. The normalized spacial score (nSPS) is 49.5. The first-order valence-electron chi connectivity index (χ1n) is 16.4. The van der Waals surface area contributed by atoms with Crippen LogP contribution in [-0.2, 0) is 14.3 Å². The Morgan fingerprint density at radius 2 is 1.32 bits per heavy atom. The van der Waals surface area contributed by atoms with Crippen molar-refractivity contribution in [2.75, 3.05) is 0 Å². The smallest absolute Gasteiger partial charge is 0.310 e. The Labute approximate surface area is 230 Å². The first-order valence-corrected chi connectivity index (χ1v) is 16.4. The fourth-order valence-electron chi connectivity index (χ4n) is 13.7. The van der Waals surface area contributed by atoms with Gasteiger partial charge in [0.2, 0.25) is 0 Å². The molecule has 8 bridgehead atoms. The Bertz CT molecular complexity index is 966. The summed E-state index contributed by atoms with van der Waals surface area (Å²) in [6, 6.07) is 0. The van der Waals surface area contributed by atoms with Crippen LogP contribution in [0.1, 0.15) is 106 Å². The molecule has 38 heavy (non-hydrogen) atoms. The van der Waals surface area contributed by atoms with E-state index in [4.69, 9.17) is 4.74 Å². The molecule has 1 N–H and O–H groups in total. The van der Waals surface area contributed by atoms with Gasteiger partial charge in [0, 0.05) is 0 Å². The lowest BCUT2D eigenvalue weighted by Crippen LogP contribution is -2.58. The quantitative estimate of drug-likeness (QED) is 0.277. The highest BCUT2D eigenvalue weighted by Crippen LogP contribution is 2.80. The van der Waals surface area contributed by atoms with Gasteiger partial charge in [0.1, 0.15) is 6.10 Å². The van der Waals surface area contributed by atoms with Crippen LogP contribution in [-0.4, -0.2) is 23.1 Å². The second-order valence-corrected chi connectivity index (χ2v) is 16.7. The number of fused-ring (bicyclic) bond motifs is 9. The molecule has 8 fully saturated rings. The molecule has 0 saturated heterocycles. The lowest BCUT2D eigenvalue weighted by molar-refractivity contribution is -0.188. The summed E-state index contributed by atoms with van der Waals surface area (Å²) in [6.45, 7) is 14.7. The second-order valence-electron chi connectivity index (χ2n) is 16.7. The van der Waals surface area contributed by atoms with Crippen LogP contribution >= 0.6 is 0 Å². The molecule has 4 nitrogen and oxygen atoms in total. The Morgan fingerprint density at radius 3 is 1.84 bits per heavy atom. The Morgan fingerprint density at radius 1 is 0.763 bits per heavy atom. The van der Waals surface area contributed by atoms with E-state index in [0.717, 1.165) is 31.1 Å². The number of rotatable bonds is 7. The van der Waals surface area contributed by atoms with Crippen molar-refractivity contribution in [1.29, 1.82) is 0 Å². The number of esters is 1. The van der Waals surface area contributed by atoms with E-state index >= 15 is 0 Å². The number of carbonyl (C=O) groups excluding carboxylic acids is 1. The molecule has 0 aromatic carbocycles. The number of hydrogen-bond donors (Lipinski definition) is 1. The van der Waals surface area contributed by atoms with E-state index in [1.165, 1.54) is 44.9 Å². The fraction of sp³-hybridized carbons (Fsp3) is 0.941. The van der Waals surface area contributed by atoms with E-state index in [-0.39, 0.29) is 40.2 Å². The second kappa shape index (κ2) is 8.25. The van der Waals surface area contributed by atoms with Gasteiger partial charge in [-0.2, -0.15) is 0 Å². The van der Waals surface area contributed by atoms with Gasteiger partial charge in [-0.1, -0.05) is 54.4 Å². The molecular formula is C34H52O4. The van der Waals surface area contributed by atoms with Gasteiger partial charge in [-0.05, 0) is 127 Å². The maximum absolute atomic E-state index is 14.0. The summed E-state index contributed by atoms with van der Waals surface area (Å²) in [5.41, 5.74) is 0.670. The molecule has 0 heterocycles. The lowest BCUT2D eigenvalue weighted by Gasteiger charge is -2.62. The molecule has 8 aliphatic carbocycles. The highest BCUT2D eigenvalue weighted by atomic mass is 16.5. The number of aliphatic carboxylic acids is 1. The Kier molecular flexibility index (Phi) is 5.62. The summed E-state index contributed by atoms with van der Waals surface area (Å²) in [6.07, 6.45) is 12.1. The third-order valence-electron chi connectivity index (χ3n) is 15.2. The monoisotopic (exact) mass is 524 g/mol. The van der Waals surface area contributed by atoms with Crippen molar-refractivity contribution >= 4 is 11.9 Å². The van der Waals surface area contributed by atoms with E-state index in [9.17, 15) is 14.7 Å². The summed E-state index contributed by atoms with van der Waals surface area (Å²) < 4.78 is 6.45. The summed E-state index contributed by atoms with van der Waals surface area (Å²) >= 11 is 0. The third kappa shape index (κ3) is 3.10. The van der Waals surface area contributed by atoms with E-state index in [0.29, 0.717) is 35.5 Å². The lowest BCUT2D eigenvalue weighted by atomic mass is 9.42. The van der Waals surface area contributed by atoms with Gasteiger partial charge < -0.3 is 9.84 Å². The summed E-state index contributed by atoms with van der Waals surface area (Å²) in [5.74, 6) is 3.52. The van der Waals surface area contributed by atoms with Crippen molar-refractivity contribution in [3.63, 3.8) is 0 Å². The van der Waals surface area contributed by atoms with Gasteiger partial charge in [-0.3, -0.25) is 9.59 Å². The van der Waals surface area contributed by atoms with E-state index in [1.807, 2.05) is 0 Å². The van der Waals surface area contributed by atoms with Crippen LogP contribution in [0.3, 0.4) is 0 Å². The van der Waals surface area contributed by atoms with Gasteiger partial charge in [0.15, 0.2) is 0 Å². The van der Waals surface area contributed by atoms with Crippen molar-refractivity contribution in [3.05, 3.63) is 0 Å². The molecule has 8 atom stereocenters. The largest absolute Gasteiger partial charge is 0.481 e. The van der Waals surface area contributed by atoms with Crippen molar-refractivity contribution in [2.24, 2.45) is 87.3 Å². The van der Waals surface area contributed by atoms with Crippen molar-refractivity contribution in [3.8, 4) is 0 Å². The zero-order valence-electron chi connectivity index (χ0n) is 24.7. The zero-order chi connectivity index (χ0) is 26.9. The summed E-state index contributed by atoms with van der Waals surface area (Å²) in [7, 11) is 0. The molecule has 0 aliphatic heterocycles. The van der Waals surface area contributed by atoms with Crippen LogP contribution in [0.25, 0.3) is 0 Å². The predicted molar refractivity (Wildman–Crippen MR) is 147 cm³/mol. The van der Waals surface area contributed by atoms with Crippen LogP contribution < -0.4 is 0 Å². The average Bonchev–Trinajstić information content (AvgIpc) is 3.62. The van der Waals surface area contributed by atoms with Gasteiger partial charge in [-0.25, -0.2) is 0 Å². The first-order chi connectivity index (χ1) is 17.9. The van der Waals surface area contributed by atoms with Gasteiger partial charge >= 0.3 is 11.9 Å². The van der Waals surface area contributed by atoms with Gasteiger partial charge in [0.05, 0.1) is 11.8 Å². The number of carboxylic acids is 1. The van der Waals surface area contributed by atoms with Crippen LogP contribution in [0.4, 0.5) is 0 Å². The third-order valence-corrected chi connectivity index (χ3v) is 15.2. The molecule has 0 spiro atoms. The van der Waals surface area contributed by atoms with Crippen LogP contribution in [0.5, 0.6) is 0 Å². The van der Waals surface area contributed by atoms with Crippen molar-refractivity contribution < 1.29 is 19.4 Å². The highest BCUT2D eigenvalue weighted by molar-refractivity contribution is 5.83. The van der Waals surface area contributed by atoms with E-state index in [2.05, 4.69) is 41.5 Å². The molecule has 0 aromatic heterocycles. The maximum atomic E-state index is 14.0. The number of carboxylic acid groups (broad SMARTS) is 1. The number of hydrogen-bond acceptors (Lipinski definition) is 3.